The molecule has 9 heteroatoms. The summed E-state index contributed by atoms with van der Waals surface area (Å²) >= 11 is 5.70. The molecule has 1 aromatic rings. The summed E-state index contributed by atoms with van der Waals surface area (Å²) in [5.74, 6) is -3.23. The number of nitrogens with zero attached hydrogens (tertiary/aromatic N) is 1. The summed E-state index contributed by atoms with van der Waals surface area (Å²) in [7, 11) is -4.17. The molecule has 0 aliphatic carbocycles. The number of anilines is 1. The summed E-state index contributed by atoms with van der Waals surface area (Å²) in [5.41, 5.74) is 0.103. The predicted octanol–water partition coefficient (Wildman–Crippen LogP) is 1.12. The molecule has 0 unspecified atom stereocenters. The van der Waals surface area contributed by atoms with Crippen LogP contribution < -0.4 is 4.31 Å². The lowest BCUT2D eigenvalue weighted by atomic mass is 10.3. The predicted molar refractivity (Wildman–Crippen MR) is 76.9 cm³/mol. The van der Waals surface area contributed by atoms with E-state index in [4.69, 9.17) is 16.7 Å². The van der Waals surface area contributed by atoms with E-state index in [1.165, 1.54) is 24.3 Å². The molecule has 0 radical (unpaired) electrons. The van der Waals surface area contributed by atoms with Gasteiger partial charge in [0, 0.05) is 5.02 Å². The van der Waals surface area contributed by atoms with Crippen molar-refractivity contribution in [3.63, 3.8) is 0 Å². The molecule has 1 aromatic carbocycles. The van der Waals surface area contributed by atoms with Crippen LogP contribution in [0.15, 0.2) is 24.3 Å². The minimum absolute atomic E-state index is 0.0359. The van der Waals surface area contributed by atoms with Crippen molar-refractivity contribution >= 4 is 39.3 Å². The van der Waals surface area contributed by atoms with E-state index in [0.29, 0.717) is 9.33 Å². The number of benzene rings is 1. The van der Waals surface area contributed by atoms with E-state index < -0.39 is 34.3 Å². The number of carboxylic acids is 1. The Balaban J connectivity index is 3.09. The third-order valence-corrected chi connectivity index (χ3v) is 4.20. The van der Waals surface area contributed by atoms with Crippen molar-refractivity contribution in [2.24, 2.45) is 0 Å². The maximum absolute atomic E-state index is 12.2. The second-order valence-electron chi connectivity index (χ2n) is 3.94. The van der Waals surface area contributed by atoms with Gasteiger partial charge in [-0.25, -0.2) is 8.42 Å². The second kappa shape index (κ2) is 7.28. The fourth-order valence-electron chi connectivity index (χ4n) is 1.51. The Kier molecular flexibility index (Phi) is 5.98. The van der Waals surface area contributed by atoms with Gasteiger partial charge in [0.2, 0.25) is 10.0 Å². The van der Waals surface area contributed by atoms with Crippen LogP contribution in [0.3, 0.4) is 0 Å². The van der Waals surface area contributed by atoms with Crippen molar-refractivity contribution in [2.45, 2.75) is 6.92 Å². The Labute approximate surface area is 127 Å². The number of carbonyl (C=O) groups is 2. The molecule has 0 amide bonds. The molecule has 0 fully saturated rings. The number of hydrogen-bond donors (Lipinski definition) is 1. The van der Waals surface area contributed by atoms with Crippen molar-refractivity contribution in [3.8, 4) is 0 Å². The summed E-state index contributed by atoms with van der Waals surface area (Å²) in [6, 6.07) is 5.55. The number of aliphatic carboxylic acids is 1. The van der Waals surface area contributed by atoms with Crippen molar-refractivity contribution in [3.05, 3.63) is 29.3 Å². The first-order valence-corrected chi connectivity index (χ1v) is 7.88. The number of rotatable bonds is 7. The van der Waals surface area contributed by atoms with Crippen LogP contribution in [0.2, 0.25) is 5.02 Å². The Morgan fingerprint density at radius 1 is 1.29 bits per heavy atom. The average molecular weight is 336 g/mol. The zero-order valence-corrected chi connectivity index (χ0v) is 12.7. The van der Waals surface area contributed by atoms with Crippen LogP contribution in [-0.4, -0.2) is 44.4 Å². The molecule has 0 saturated heterocycles. The minimum atomic E-state index is -4.17. The van der Waals surface area contributed by atoms with Crippen molar-refractivity contribution in [1.82, 2.24) is 0 Å². The third kappa shape index (κ3) is 5.24. The van der Waals surface area contributed by atoms with Gasteiger partial charge in [-0.15, -0.1) is 0 Å². The largest absolute Gasteiger partial charge is 0.480 e. The molecule has 1 rings (SSSR count). The number of carbonyl (C=O) groups excluding carboxylic acids is 1. The Morgan fingerprint density at radius 3 is 2.33 bits per heavy atom. The topological polar surface area (TPSA) is 101 Å². The molecular weight excluding hydrogens is 322 g/mol. The normalized spacial score (nSPS) is 11.0. The maximum atomic E-state index is 12.2. The molecule has 0 aliphatic heterocycles. The summed E-state index contributed by atoms with van der Waals surface area (Å²) in [5, 5.41) is 9.22. The highest BCUT2D eigenvalue weighted by atomic mass is 35.5. The van der Waals surface area contributed by atoms with Crippen molar-refractivity contribution in [1.29, 1.82) is 0 Å². The molecule has 0 saturated carbocycles. The first-order valence-electron chi connectivity index (χ1n) is 5.89. The molecule has 1 N–H and O–H groups in total. The summed E-state index contributed by atoms with van der Waals surface area (Å²) in [6.45, 7) is 0.774. The first-order chi connectivity index (χ1) is 9.76. The van der Waals surface area contributed by atoms with E-state index in [0.717, 1.165) is 0 Å². The van der Waals surface area contributed by atoms with Crippen LogP contribution in [0.1, 0.15) is 6.92 Å². The van der Waals surface area contributed by atoms with Gasteiger partial charge in [0.1, 0.15) is 6.54 Å². The van der Waals surface area contributed by atoms with Gasteiger partial charge in [0.25, 0.3) is 0 Å². The lowest BCUT2D eigenvalue weighted by molar-refractivity contribution is -0.140. The van der Waals surface area contributed by atoms with Crippen molar-refractivity contribution < 1.29 is 27.9 Å². The molecule has 0 spiro atoms. The van der Waals surface area contributed by atoms with Gasteiger partial charge in [0.05, 0.1) is 12.3 Å². The molecule has 0 heterocycles. The van der Waals surface area contributed by atoms with Crippen LogP contribution in [0.5, 0.6) is 0 Å². The van der Waals surface area contributed by atoms with Gasteiger partial charge in [-0.1, -0.05) is 11.6 Å². The van der Waals surface area contributed by atoms with Gasteiger partial charge < -0.3 is 9.84 Å². The fourth-order valence-corrected chi connectivity index (χ4v) is 2.92. The molecular formula is C12H14ClNO6S. The molecule has 21 heavy (non-hydrogen) atoms. The third-order valence-electron chi connectivity index (χ3n) is 2.33. The van der Waals surface area contributed by atoms with Crippen LogP contribution in [0.4, 0.5) is 5.69 Å². The standard InChI is InChI=1S/C12H14ClNO6S/c1-2-20-12(17)8-21(18,19)14(7-11(15)16)10-5-3-9(13)4-6-10/h3-6H,2,7-8H2,1H3,(H,15,16). The number of ether oxygens (including phenoxy) is 1. The van der Waals surface area contributed by atoms with E-state index in [1.807, 2.05) is 0 Å². The van der Waals surface area contributed by atoms with Gasteiger partial charge in [-0.05, 0) is 31.2 Å². The summed E-state index contributed by atoms with van der Waals surface area (Å²) in [4.78, 5) is 22.2. The quantitative estimate of drug-likeness (QED) is 0.749. The van der Waals surface area contributed by atoms with E-state index in [-0.39, 0.29) is 12.3 Å². The van der Waals surface area contributed by atoms with Gasteiger partial charge >= 0.3 is 11.9 Å². The second-order valence-corrected chi connectivity index (χ2v) is 6.27. The number of carboxylic acid groups (broad SMARTS) is 1. The average Bonchev–Trinajstić information content (AvgIpc) is 2.36. The summed E-state index contributed by atoms with van der Waals surface area (Å²) < 4.78 is 29.5. The highest BCUT2D eigenvalue weighted by Crippen LogP contribution is 2.21. The first kappa shape index (κ1) is 17.3. The number of halogens is 1. The molecule has 0 atom stereocenters. The highest BCUT2D eigenvalue weighted by molar-refractivity contribution is 7.93. The minimum Gasteiger partial charge on any atom is -0.480 e. The van der Waals surface area contributed by atoms with E-state index in [9.17, 15) is 18.0 Å². The van der Waals surface area contributed by atoms with E-state index in [1.54, 1.807) is 6.92 Å². The Morgan fingerprint density at radius 2 is 1.86 bits per heavy atom. The lowest BCUT2D eigenvalue weighted by Crippen LogP contribution is -2.39. The SMILES string of the molecule is CCOC(=O)CS(=O)(=O)N(CC(=O)O)c1ccc(Cl)cc1. The lowest BCUT2D eigenvalue weighted by Gasteiger charge is -2.22. The maximum Gasteiger partial charge on any atom is 0.324 e. The zero-order chi connectivity index (χ0) is 16.0. The molecule has 116 valence electrons. The van der Waals surface area contributed by atoms with E-state index in [2.05, 4.69) is 4.74 Å². The number of esters is 1. The number of hydrogen-bond acceptors (Lipinski definition) is 5. The van der Waals surface area contributed by atoms with Crippen LogP contribution in [-0.2, 0) is 24.3 Å². The monoisotopic (exact) mass is 335 g/mol. The molecule has 0 bridgehead atoms. The fraction of sp³-hybridized carbons (Fsp3) is 0.333. The van der Waals surface area contributed by atoms with Crippen molar-refractivity contribution in [2.75, 3.05) is 23.2 Å². The Hall–Kier alpha value is -1.80. The molecule has 7 nitrogen and oxygen atoms in total. The summed E-state index contributed by atoms with van der Waals surface area (Å²) in [6.07, 6.45) is 0. The van der Waals surface area contributed by atoms with Crippen LogP contribution in [0, 0.1) is 0 Å². The van der Waals surface area contributed by atoms with Gasteiger partial charge in [-0.2, -0.15) is 0 Å². The van der Waals surface area contributed by atoms with Crippen LogP contribution in [0.25, 0.3) is 0 Å². The smallest absolute Gasteiger partial charge is 0.324 e. The Bertz CT molecular complexity index is 613. The van der Waals surface area contributed by atoms with E-state index >= 15 is 0 Å². The van der Waals surface area contributed by atoms with Crippen LogP contribution >= 0.6 is 11.6 Å². The van der Waals surface area contributed by atoms with Gasteiger partial charge in [-0.3, -0.25) is 13.9 Å². The van der Waals surface area contributed by atoms with Gasteiger partial charge in [0.15, 0.2) is 5.75 Å². The molecule has 0 aromatic heterocycles. The zero-order valence-electron chi connectivity index (χ0n) is 11.2. The number of sulfonamides is 1. The molecule has 0 aliphatic rings. The highest BCUT2D eigenvalue weighted by Gasteiger charge is 2.28.